The summed E-state index contributed by atoms with van der Waals surface area (Å²) >= 11 is 2.11. The molecule has 0 bridgehead atoms. The van der Waals surface area contributed by atoms with Gasteiger partial charge in [-0.2, -0.15) is 0 Å². The monoisotopic (exact) mass is 289 g/mol. The lowest BCUT2D eigenvalue weighted by molar-refractivity contribution is 0.525. The SMILES string of the molecule is CCC1CCC(Nc2ccccc2SC2CCCC2)C1. The molecule has 2 heteroatoms. The molecule has 2 aliphatic carbocycles. The van der Waals surface area contributed by atoms with Crippen molar-refractivity contribution in [2.75, 3.05) is 5.32 Å². The van der Waals surface area contributed by atoms with E-state index in [2.05, 4.69) is 48.3 Å². The highest BCUT2D eigenvalue weighted by atomic mass is 32.2. The van der Waals surface area contributed by atoms with E-state index in [0.29, 0.717) is 6.04 Å². The van der Waals surface area contributed by atoms with Gasteiger partial charge in [-0.15, -0.1) is 11.8 Å². The van der Waals surface area contributed by atoms with E-state index in [9.17, 15) is 0 Å². The van der Waals surface area contributed by atoms with Gasteiger partial charge in [0.15, 0.2) is 0 Å². The Morgan fingerprint density at radius 3 is 2.65 bits per heavy atom. The Bertz CT molecular complexity index is 425. The van der Waals surface area contributed by atoms with Crippen LogP contribution in [0.25, 0.3) is 0 Å². The molecule has 0 radical (unpaired) electrons. The summed E-state index contributed by atoms with van der Waals surface area (Å²) in [6.45, 7) is 2.33. The lowest BCUT2D eigenvalue weighted by Gasteiger charge is -2.19. The first kappa shape index (κ1) is 14.3. The maximum atomic E-state index is 3.83. The molecule has 2 fully saturated rings. The molecule has 0 amide bonds. The van der Waals surface area contributed by atoms with Crippen LogP contribution in [0.3, 0.4) is 0 Å². The number of hydrogen-bond acceptors (Lipinski definition) is 2. The predicted molar refractivity (Wildman–Crippen MR) is 89.6 cm³/mol. The first-order valence-electron chi connectivity index (χ1n) is 8.37. The molecular weight excluding hydrogens is 262 g/mol. The molecule has 20 heavy (non-hydrogen) atoms. The third-order valence-electron chi connectivity index (χ3n) is 4.96. The fourth-order valence-electron chi connectivity index (χ4n) is 3.67. The van der Waals surface area contributed by atoms with E-state index < -0.39 is 0 Å². The minimum atomic E-state index is 0.699. The largest absolute Gasteiger partial charge is 0.381 e. The molecule has 0 saturated heterocycles. The molecule has 0 aliphatic heterocycles. The van der Waals surface area contributed by atoms with Crippen LogP contribution in [0, 0.1) is 5.92 Å². The minimum absolute atomic E-state index is 0.699. The van der Waals surface area contributed by atoms with Crippen molar-refractivity contribution in [3.63, 3.8) is 0 Å². The van der Waals surface area contributed by atoms with Crippen molar-refractivity contribution in [3.05, 3.63) is 24.3 Å². The Hall–Kier alpha value is -0.630. The molecule has 1 N–H and O–H groups in total. The molecule has 1 aromatic carbocycles. The zero-order valence-electron chi connectivity index (χ0n) is 12.6. The quantitative estimate of drug-likeness (QED) is 0.745. The van der Waals surface area contributed by atoms with Gasteiger partial charge >= 0.3 is 0 Å². The summed E-state index contributed by atoms with van der Waals surface area (Å²) in [6, 6.07) is 9.64. The third kappa shape index (κ3) is 3.52. The Morgan fingerprint density at radius 1 is 1.10 bits per heavy atom. The predicted octanol–water partition coefficient (Wildman–Crippen LogP) is 5.71. The van der Waals surface area contributed by atoms with Gasteiger partial charge in [-0.3, -0.25) is 0 Å². The smallest absolute Gasteiger partial charge is 0.0480 e. The Labute approximate surface area is 127 Å². The number of anilines is 1. The van der Waals surface area contributed by atoms with E-state index >= 15 is 0 Å². The Kier molecular flexibility index (Phi) is 4.93. The molecule has 0 spiro atoms. The normalized spacial score (nSPS) is 27.1. The van der Waals surface area contributed by atoms with Gasteiger partial charge in [0.2, 0.25) is 0 Å². The lowest BCUT2D eigenvalue weighted by Crippen LogP contribution is -2.16. The summed E-state index contributed by atoms with van der Waals surface area (Å²) in [7, 11) is 0. The highest BCUT2D eigenvalue weighted by molar-refractivity contribution is 8.00. The lowest BCUT2D eigenvalue weighted by atomic mass is 10.1. The number of thioether (sulfide) groups is 1. The molecule has 1 nitrogen and oxygen atoms in total. The van der Waals surface area contributed by atoms with Gasteiger partial charge in [0.25, 0.3) is 0 Å². The van der Waals surface area contributed by atoms with E-state index in [0.717, 1.165) is 11.2 Å². The first-order valence-corrected chi connectivity index (χ1v) is 9.25. The van der Waals surface area contributed by atoms with Crippen molar-refractivity contribution in [3.8, 4) is 0 Å². The van der Waals surface area contributed by atoms with Gasteiger partial charge in [-0.25, -0.2) is 0 Å². The molecule has 0 heterocycles. The summed E-state index contributed by atoms with van der Waals surface area (Å²) in [5.41, 5.74) is 1.38. The van der Waals surface area contributed by atoms with Crippen LogP contribution in [0.4, 0.5) is 5.69 Å². The zero-order chi connectivity index (χ0) is 13.8. The minimum Gasteiger partial charge on any atom is -0.381 e. The van der Waals surface area contributed by atoms with Crippen molar-refractivity contribution in [2.24, 2.45) is 5.92 Å². The first-order chi connectivity index (χ1) is 9.85. The summed E-state index contributed by atoms with van der Waals surface area (Å²) in [6.07, 6.45) is 11.1. The molecular formula is C18H27NS. The van der Waals surface area contributed by atoms with Gasteiger partial charge in [-0.1, -0.05) is 38.3 Å². The fraction of sp³-hybridized carbons (Fsp3) is 0.667. The second-order valence-electron chi connectivity index (χ2n) is 6.45. The van der Waals surface area contributed by atoms with E-state index in [1.807, 2.05) is 0 Å². The van der Waals surface area contributed by atoms with Gasteiger partial charge < -0.3 is 5.32 Å². The summed E-state index contributed by atoms with van der Waals surface area (Å²) < 4.78 is 0. The van der Waals surface area contributed by atoms with Crippen molar-refractivity contribution in [1.82, 2.24) is 0 Å². The zero-order valence-corrected chi connectivity index (χ0v) is 13.4. The highest BCUT2D eigenvalue weighted by Gasteiger charge is 2.24. The van der Waals surface area contributed by atoms with Gasteiger partial charge in [0.1, 0.15) is 0 Å². The number of hydrogen-bond donors (Lipinski definition) is 1. The molecule has 3 rings (SSSR count). The molecule has 2 atom stereocenters. The fourth-order valence-corrected chi connectivity index (χ4v) is 5.01. The van der Waals surface area contributed by atoms with Crippen molar-refractivity contribution in [2.45, 2.75) is 74.5 Å². The second kappa shape index (κ2) is 6.89. The summed E-state index contributed by atoms with van der Waals surface area (Å²) in [5, 5.41) is 4.68. The highest BCUT2D eigenvalue weighted by Crippen LogP contribution is 2.39. The molecule has 2 aliphatic rings. The van der Waals surface area contributed by atoms with Crippen LogP contribution in [0.1, 0.15) is 58.3 Å². The summed E-state index contributed by atoms with van der Waals surface area (Å²) in [5.74, 6) is 0.946. The number of rotatable bonds is 5. The maximum Gasteiger partial charge on any atom is 0.0480 e. The van der Waals surface area contributed by atoms with E-state index in [-0.39, 0.29) is 0 Å². The van der Waals surface area contributed by atoms with E-state index in [4.69, 9.17) is 0 Å². The average Bonchev–Trinajstić information content (AvgIpc) is 3.12. The molecule has 110 valence electrons. The maximum absolute atomic E-state index is 3.83. The van der Waals surface area contributed by atoms with Crippen LogP contribution < -0.4 is 5.32 Å². The standard InChI is InChI=1S/C18H27NS/c1-2-14-11-12-15(13-14)19-17-9-5-6-10-18(17)20-16-7-3-4-8-16/h5-6,9-10,14-16,19H,2-4,7-8,11-13H2,1H3. The number of nitrogens with one attached hydrogen (secondary N) is 1. The molecule has 0 aromatic heterocycles. The van der Waals surface area contributed by atoms with Gasteiger partial charge in [0, 0.05) is 21.9 Å². The topological polar surface area (TPSA) is 12.0 Å². The number of para-hydroxylation sites is 1. The van der Waals surface area contributed by atoms with Gasteiger partial charge in [0.05, 0.1) is 0 Å². The van der Waals surface area contributed by atoms with Gasteiger partial charge in [-0.05, 0) is 50.2 Å². The van der Waals surface area contributed by atoms with Crippen LogP contribution in [-0.4, -0.2) is 11.3 Å². The van der Waals surface area contributed by atoms with E-state index in [1.165, 1.54) is 61.9 Å². The second-order valence-corrected chi connectivity index (χ2v) is 7.79. The molecule has 1 aromatic rings. The van der Waals surface area contributed by atoms with Crippen LogP contribution in [0.15, 0.2) is 29.2 Å². The summed E-state index contributed by atoms with van der Waals surface area (Å²) in [4.78, 5) is 1.47. The van der Waals surface area contributed by atoms with Crippen LogP contribution >= 0.6 is 11.8 Å². The van der Waals surface area contributed by atoms with Crippen molar-refractivity contribution in [1.29, 1.82) is 0 Å². The van der Waals surface area contributed by atoms with Crippen molar-refractivity contribution < 1.29 is 0 Å². The van der Waals surface area contributed by atoms with Crippen LogP contribution in [0.2, 0.25) is 0 Å². The van der Waals surface area contributed by atoms with Crippen LogP contribution in [-0.2, 0) is 0 Å². The average molecular weight is 289 g/mol. The third-order valence-corrected chi connectivity index (χ3v) is 6.38. The Balaban J connectivity index is 1.63. The Morgan fingerprint density at radius 2 is 1.90 bits per heavy atom. The number of benzene rings is 1. The molecule has 2 unspecified atom stereocenters. The molecule has 2 saturated carbocycles. The van der Waals surface area contributed by atoms with E-state index in [1.54, 1.807) is 0 Å². The van der Waals surface area contributed by atoms with Crippen LogP contribution in [0.5, 0.6) is 0 Å². The van der Waals surface area contributed by atoms with Crippen molar-refractivity contribution >= 4 is 17.4 Å².